The van der Waals surface area contributed by atoms with Gasteiger partial charge in [0, 0.05) is 43.8 Å². The lowest BCUT2D eigenvalue weighted by molar-refractivity contribution is 0.102. The topological polar surface area (TPSA) is 115 Å². The number of aromatic amines is 1. The van der Waals surface area contributed by atoms with Crippen LogP contribution in [0.2, 0.25) is 0 Å². The second-order valence-electron chi connectivity index (χ2n) is 8.88. The molecule has 0 radical (unpaired) electrons. The largest absolute Gasteiger partial charge is 0.484 e. The van der Waals surface area contributed by atoms with E-state index in [1.54, 1.807) is 18.5 Å². The number of rotatable bonds is 5. The van der Waals surface area contributed by atoms with Crippen molar-refractivity contribution in [2.45, 2.75) is 13.0 Å². The van der Waals surface area contributed by atoms with Crippen LogP contribution in [-0.2, 0) is 0 Å². The number of amides is 1. The van der Waals surface area contributed by atoms with Crippen molar-refractivity contribution >= 4 is 34.3 Å². The molecule has 0 spiro atoms. The number of pyridine rings is 2. The Bertz CT molecular complexity index is 1270. The van der Waals surface area contributed by atoms with Gasteiger partial charge in [-0.3, -0.25) is 14.6 Å². The van der Waals surface area contributed by atoms with Crippen molar-refractivity contribution in [2.75, 3.05) is 60.6 Å². The van der Waals surface area contributed by atoms with Crippen LogP contribution >= 0.6 is 0 Å². The maximum atomic E-state index is 13.2. The first-order valence-electron chi connectivity index (χ1n) is 11.7. The van der Waals surface area contributed by atoms with Crippen LogP contribution in [0.3, 0.4) is 0 Å². The highest BCUT2D eigenvalue weighted by molar-refractivity contribution is 6.08. The third kappa shape index (κ3) is 4.92. The molecule has 5 rings (SSSR count). The average Bonchev–Trinajstić information content (AvgIpc) is 2.85. The fraction of sp³-hybridized carbons (Fsp3) is 0.320. The zero-order valence-corrected chi connectivity index (χ0v) is 19.8. The van der Waals surface area contributed by atoms with E-state index < -0.39 is 11.5 Å². The van der Waals surface area contributed by atoms with Crippen LogP contribution in [0.15, 0.2) is 53.7 Å². The van der Waals surface area contributed by atoms with Gasteiger partial charge in [-0.05, 0) is 44.3 Å². The number of carbonyl (C=O) groups excluding carboxylic acids is 1. The number of hydrogen-bond acceptors (Lipinski definition) is 8. The van der Waals surface area contributed by atoms with E-state index in [0.717, 1.165) is 37.6 Å². The van der Waals surface area contributed by atoms with Crippen LogP contribution in [0.25, 0.3) is 0 Å². The lowest BCUT2D eigenvalue weighted by Gasteiger charge is -2.34. The minimum Gasteiger partial charge on any atom is -0.484 e. The zero-order valence-electron chi connectivity index (χ0n) is 19.8. The van der Waals surface area contributed by atoms with Crippen molar-refractivity contribution in [2.24, 2.45) is 0 Å². The summed E-state index contributed by atoms with van der Waals surface area (Å²) in [6.45, 7) is 6.60. The van der Waals surface area contributed by atoms with Crippen molar-refractivity contribution in [1.82, 2.24) is 14.9 Å². The maximum Gasteiger partial charge on any atom is 0.263 e. The molecule has 1 saturated heterocycles. The van der Waals surface area contributed by atoms with Crippen LogP contribution in [0.1, 0.15) is 17.3 Å². The van der Waals surface area contributed by atoms with Gasteiger partial charge in [-0.25, -0.2) is 0 Å². The maximum absolute atomic E-state index is 13.2. The monoisotopic (exact) mass is 475 g/mol. The molecule has 1 fully saturated rings. The normalized spacial score (nSPS) is 17.7. The van der Waals surface area contributed by atoms with Crippen molar-refractivity contribution in [1.29, 1.82) is 0 Å². The molecule has 2 aliphatic rings. The van der Waals surface area contributed by atoms with E-state index in [2.05, 4.69) is 42.8 Å². The molecule has 0 aliphatic carbocycles. The molecule has 182 valence electrons. The molecule has 4 N–H and O–H groups in total. The number of H-pyrrole nitrogens is 1. The highest BCUT2D eigenvalue weighted by atomic mass is 16.5. The molecular formula is C25H29N7O3. The van der Waals surface area contributed by atoms with Crippen LogP contribution in [0, 0.1) is 0 Å². The average molecular weight is 476 g/mol. The van der Waals surface area contributed by atoms with E-state index >= 15 is 0 Å². The summed E-state index contributed by atoms with van der Waals surface area (Å²) in [4.78, 5) is 37.3. The highest BCUT2D eigenvalue weighted by Crippen LogP contribution is 2.37. The molecule has 0 bridgehead atoms. The molecule has 10 nitrogen and oxygen atoms in total. The predicted molar refractivity (Wildman–Crippen MR) is 137 cm³/mol. The SMILES string of the molecule is CC1CNc2cncc(Nc3cc[nH]c(=O)c3C(=O)Nc3ccc(N4CCN(C)CC4)cc3)c2O1. The van der Waals surface area contributed by atoms with Crippen molar-refractivity contribution in [3.05, 3.63) is 64.8 Å². The lowest BCUT2D eigenvalue weighted by atomic mass is 10.1. The van der Waals surface area contributed by atoms with E-state index in [1.807, 2.05) is 31.2 Å². The first kappa shape index (κ1) is 22.7. The van der Waals surface area contributed by atoms with Crippen LogP contribution in [0.5, 0.6) is 5.75 Å². The van der Waals surface area contributed by atoms with Crippen LogP contribution in [0.4, 0.5) is 28.4 Å². The fourth-order valence-corrected chi connectivity index (χ4v) is 4.25. The number of nitrogens with zero attached hydrogens (tertiary/aromatic N) is 3. The molecule has 1 unspecified atom stereocenters. The number of benzene rings is 1. The standard InChI is InChI=1S/C25H29N7O3/c1-16-13-28-20-14-26-15-21(23(20)35-16)30-19-7-8-27-24(33)22(19)25(34)29-17-3-5-18(6-4-17)32-11-9-31(2)10-12-32/h3-8,14-16,28H,9-13H2,1-2H3,(H,29,34)(H2,27,30,33). The Morgan fingerprint density at radius 3 is 2.63 bits per heavy atom. The van der Waals surface area contributed by atoms with Crippen LogP contribution in [-0.4, -0.2) is 66.7 Å². The van der Waals surface area contributed by atoms with Gasteiger partial charge < -0.3 is 35.5 Å². The van der Waals surface area contributed by atoms with Gasteiger partial charge >= 0.3 is 0 Å². The summed E-state index contributed by atoms with van der Waals surface area (Å²) in [6, 6.07) is 9.33. The van der Waals surface area contributed by atoms with E-state index in [4.69, 9.17) is 4.74 Å². The van der Waals surface area contributed by atoms with E-state index in [1.165, 1.54) is 6.20 Å². The van der Waals surface area contributed by atoms with Crippen molar-refractivity contribution < 1.29 is 9.53 Å². The highest BCUT2D eigenvalue weighted by Gasteiger charge is 2.22. The van der Waals surface area contributed by atoms with Crippen molar-refractivity contribution in [3.63, 3.8) is 0 Å². The first-order valence-corrected chi connectivity index (χ1v) is 11.7. The summed E-state index contributed by atoms with van der Waals surface area (Å²) in [5, 5.41) is 9.28. The summed E-state index contributed by atoms with van der Waals surface area (Å²) >= 11 is 0. The Balaban J connectivity index is 1.35. The zero-order chi connectivity index (χ0) is 24.4. The minimum absolute atomic E-state index is 0.0231. The molecule has 1 atom stereocenters. The molecule has 35 heavy (non-hydrogen) atoms. The van der Waals surface area contributed by atoms with Crippen molar-refractivity contribution in [3.8, 4) is 5.75 Å². The molecule has 0 saturated carbocycles. The molecule has 10 heteroatoms. The number of nitrogens with one attached hydrogen (secondary N) is 4. The Morgan fingerprint density at radius 2 is 1.86 bits per heavy atom. The lowest BCUT2D eigenvalue weighted by Crippen LogP contribution is -2.44. The number of fused-ring (bicyclic) bond motifs is 1. The third-order valence-corrected chi connectivity index (χ3v) is 6.25. The van der Waals surface area contributed by atoms with E-state index in [-0.39, 0.29) is 11.7 Å². The van der Waals surface area contributed by atoms with E-state index in [9.17, 15) is 9.59 Å². The summed E-state index contributed by atoms with van der Waals surface area (Å²) < 4.78 is 5.97. The molecule has 2 aliphatic heterocycles. The van der Waals surface area contributed by atoms with Gasteiger partial charge in [0.2, 0.25) is 0 Å². The number of ether oxygens (including phenoxy) is 1. The molecule has 1 amide bonds. The first-order chi connectivity index (χ1) is 17.0. The second-order valence-corrected chi connectivity index (χ2v) is 8.88. The number of likely N-dealkylation sites (N-methyl/N-ethyl adjacent to an activating group) is 1. The van der Waals surface area contributed by atoms with Gasteiger partial charge in [0.05, 0.1) is 30.3 Å². The van der Waals surface area contributed by atoms with Gasteiger partial charge in [-0.15, -0.1) is 0 Å². The van der Waals surface area contributed by atoms with Gasteiger partial charge in [0.25, 0.3) is 11.5 Å². The minimum atomic E-state index is -0.508. The van der Waals surface area contributed by atoms with Crippen LogP contribution < -0.4 is 31.1 Å². The summed E-state index contributed by atoms with van der Waals surface area (Å²) in [7, 11) is 2.12. The summed E-state index contributed by atoms with van der Waals surface area (Å²) in [6.07, 6.45) is 4.76. The van der Waals surface area contributed by atoms with E-state index in [0.29, 0.717) is 29.4 Å². The quantitative estimate of drug-likeness (QED) is 0.445. The smallest absolute Gasteiger partial charge is 0.263 e. The van der Waals surface area contributed by atoms with Gasteiger partial charge in [0.1, 0.15) is 17.4 Å². The Kier molecular flexibility index (Phi) is 6.28. The number of carbonyl (C=O) groups is 1. The molecule has 3 aromatic rings. The second kappa shape index (κ2) is 9.67. The number of anilines is 5. The molecular weight excluding hydrogens is 446 g/mol. The molecule has 1 aromatic carbocycles. The van der Waals surface area contributed by atoms with Gasteiger partial charge in [-0.1, -0.05) is 0 Å². The summed E-state index contributed by atoms with van der Waals surface area (Å²) in [5.41, 5.74) is 2.89. The third-order valence-electron chi connectivity index (χ3n) is 6.25. The number of aromatic nitrogens is 2. The predicted octanol–water partition coefficient (Wildman–Crippen LogP) is 2.71. The van der Waals surface area contributed by atoms with Gasteiger partial charge in [0.15, 0.2) is 5.75 Å². The van der Waals surface area contributed by atoms with Gasteiger partial charge in [-0.2, -0.15) is 0 Å². The summed E-state index contributed by atoms with van der Waals surface area (Å²) in [5.74, 6) is 0.0942. The Labute approximate surface area is 203 Å². The number of piperazine rings is 1. The molecule has 2 aromatic heterocycles. The molecule has 4 heterocycles. The Hall–Kier alpha value is -4.05. The fourth-order valence-electron chi connectivity index (χ4n) is 4.25. The Morgan fingerprint density at radius 1 is 1.09 bits per heavy atom. The number of hydrogen-bond donors (Lipinski definition) is 4.